The minimum atomic E-state index is -0.912. The number of carbonyl (C=O) groups excluding carboxylic acids is 2. The Kier molecular flexibility index (Phi) is 14.8. The van der Waals surface area contributed by atoms with Gasteiger partial charge < -0.3 is 49.7 Å². The first-order valence-corrected chi connectivity index (χ1v) is 22.5. The average Bonchev–Trinajstić information content (AvgIpc) is 3.35. The largest absolute Gasteiger partial charge is 0.506 e. The van der Waals surface area contributed by atoms with Crippen molar-refractivity contribution in [3.8, 4) is 23.0 Å². The minimum absolute atomic E-state index is 0.0729. The highest BCUT2D eigenvalue weighted by atomic mass is 16.6. The molecule has 14 nitrogen and oxygen atoms in total. The number of rotatable bonds is 19. The lowest BCUT2D eigenvalue weighted by Gasteiger charge is -2.43. The van der Waals surface area contributed by atoms with E-state index in [0.29, 0.717) is 59.2 Å². The minimum Gasteiger partial charge on any atom is -0.506 e. The molecule has 5 N–H and O–H groups in total. The Labute approximate surface area is 384 Å². The van der Waals surface area contributed by atoms with Gasteiger partial charge >= 0.3 is 6.09 Å². The van der Waals surface area contributed by atoms with Gasteiger partial charge in [0.1, 0.15) is 35.7 Å². The topological polar surface area (TPSA) is 175 Å². The first kappa shape index (κ1) is 45.7. The van der Waals surface area contributed by atoms with Gasteiger partial charge in [0, 0.05) is 54.8 Å². The van der Waals surface area contributed by atoms with Crippen molar-refractivity contribution in [3.63, 3.8) is 0 Å². The van der Waals surface area contributed by atoms with Gasteiger partial charge in [0.2, 0.25) is 5.56 Å². The number of H-pyrrole nitrogens is 1. The molecule has 3 aliphatic rings. The highest BCUT2D eigenvalue weighted by Crippen LogP contribution is 2.32. The summed E-state index contributed by atoms with van der Waals surface area (Å²) < 4.78 is 23.4. The molecule has 1 unspecified atom stereocenters. The van der Waals surface area contributed by atoms with Crippen molar-refractivity contribution in [2.75, 3.05) is 53.5 Å². The molecule has 0 saturated carbocycles. The number of aliphatic hydroxyl groups excluding tert-OH is 1. The number of alkyl carbamates (subject to hydrolysis) is 1. The molecule has 14 heteroatoms. The molecule has 0 spiro atoms. The lowest BCUT2D eigenvalue weighted by molar-refractivity contribution is -0.0336. The number of aromatic amines is 1. The number of piperidine rings is 3. The van der Waals surface area contributed by atoms with E-state index in [1.54, 1.807) is 49.5 Å². The Balaban J connectivity index is 0.903. The number of hydrogen-bond acceptors (Lipinski definition) is 11. The molecule has 344 valence electrons. The summed E-state index contributed by atoms with van der Waals surface area (Å²) in [7, 11) is 3.17. The number of fused-ring (bicyclic) bond motifs is 4. The van der Waals surface area contributed by atoms with Gasteiger partial charge in [-0.3, -0.25) is 14.5 Å². The highest BCUT2D eigenvalue weighted by molar-refractivity contribution is 5.94. The third-order valence-electron chi connectivity index (χ3n) is 12.6. The average molecular weight is 896 g/mol. The number of hydrogen-bond donors (Lipinski definition) is 5. The number of aliphatic hydroxyl groups is 1. The van der Waals surface area contributed by atoms with Crippen LogP contribution in [0.15, 0.2) is 126 Å². The standard InChI is InChI=1S/C52H57N5O9/c1-63-40-17-16-39(46(29-40)64-2)31-57(25-7-24-53-30-45(59)42-18-20-44(58)50-43(42)19-21-48(60)54-50)51(61)37-14-12-34(13-15-37)33-65-41-11-6-10-38(28-41)49(36-8-4-3-5-9-36)55-52(62)66-47-32-56-26-22-35(47)23-27-56/h3-6,8-21,28-29,35,45,47,49,53,58-59H,7,22-27,30-33H2,1-2H3,(H,54,60)(H,55,62)/t45-,47+,49?/m1/s1. The van der Waals surface area contributed by atoms with Crippen molar-refractivity contribution in [1.29, 1.82) is 0 Å². The van der Waals surface area contributed by atoms with Gasteiger partial charge in [-0.1, -0.05) is 60.7 Å². The molecule has 2 amide bonds. The second-order valence-corrected chi connectivity index (χ2v) is 16.9. The van der Waals surface area contributed by atoms with Crippen molar-refractivity contribution in [1.82, 2.24) is 25.4 Å². The van der Waals surface area contributed by atoms with E-state index in [-0.39, 0.29) is 48.5 Å². The number of carbonyl (C=O) groups is 2. The number of nitrogens with zero attached hydrogens (tertiary/aromatic N) is 2. The molecule has 5 aromatic carbocycles. The second kappa shape index (κ2) is 21.4. The Morgan fingerprint density at radius 1 is 0.864 bits per heavy atom. The third-order valence-corrected chi connectivity index (χ3v) is 12.6. The summed E-state index contributed by atoms with van der Waals surface area (Å²) in [5, 5.41) is 28.3. The van der Waals surface area contributed by atoms with Gasteiger partial charge in [-0.2, -0.15) is 0 Å². The number of amides is 2. The van der Waals surface area contributed by atoms with Crippen molar-refractivity contribution in [2.24, 2.45) is 5.92 Å². The van der Waals surface area contributed by atoms with Crippen molar-refractivity contribution in [3.05, 3.63) is 165 Å². The fraction of sp³-hybridized carbons (Fsp3) is 0.327. The maximum atomic E-state index is 14.2. The van der Waals surface area contributed by atoms with Crippen LogP contribution in [0.3, 0.4) is 0 Å². The molecule has 2 bridgehead atoms. The number of methoxy groups -OCH3 is 2. The monoisotopic (exact) mass is 895 g/mol. The van der Waals surface area contributed by atoms with Gasteiger partial charge in [0.05, 0.1) is 31.9 Å². The lowest BCUT2D eigenvalue weighted by atomic mass is 9.86. The summed E-state index contributed by atoms with van der Waals surface area (Å²) in [5.74, 6) is 2.04. The van der Waals surface area contributed by atoms with Gasteiger partial charge in [0.15, 0.2) is 0 Å². The van der Waals surface area contributed by atoms with E-state index in [2.05, 4.69) is 20.5 Å². The Hall–Kier alpha value is -6.87. The Morgan fingerprint density at radius 3 is 2.39 bits per heavy atom. The van der Waals surface area contributed by atoms with E-state index >= 15 is 0 Å². The van der Waals surface area contributed by atoms with Crippen LogP contribution in [0.5, 0.6) is 23.0 Å². The zero-order valence-corrected chi connectivity index (χ0v) is 37.3. The maximum Gasteiger partial charge on any atom is 0.408 e. The highest BCUT2D eigenvalue weighted by Gasteiger charge is 2.37. The lowest BCUT2D eigenvalue weighted by Crippen LogP contribution is -2.52. The Bertz CT molecular complexity index is 2650. The van der Waals surface area contributed by atoms with Gasteiger partial charge in [-0.15, -0.1) is 0 Å². The van der Waals surface area contributed by atoms with E-state index in [4.69, 9.17) is 18.9 Å². The molecule has 3 aliphatic heterocycles. The van der Waals surface area contributed by atoms with Crippen LogP contribution in [0.1, 0.15) is 69.6 Å². The summed E-state index contributed by atoms with van der Waals surface area (Å²) in [6, 6.07) is 36.0. The van der Waals surface area contributed by atoms with Gasteiger partial charge in [0.25, 0.3) is 5.91 Å². The van der Waals surface area contributed by atoms with Crippen LogP contribution in [0.25, 0.3) is 10.9 Å². The number of aromatic hydroxyl groups is 1. The molecule has 3 fully saturated rings. The summed E-state index contributed by atoms with van der Waals surface area (Å²) >= 11 is 0. The van der Waals surface area contributed by atoms with Crippen LogP contribution >= 0.6 is 0 Å². The molecule has 1 aromatic heterocycles. The van der Waals surface area contributed by atoms with Crippen LogP contribution in [0.4, 0.5) is 4.79 Å². The Morgan fingerprint density at radius 2 is 1.65 bits per heavy atom. The zero-order valence-electron chi connectivity index (χ0n) is 37.3. The van der Waals surface area contributed by atoms with E-state index in [9.17, 15) is 24.6 Å². The van der Waals surface area contributed by atoms with Crippen LogP contribution in [0.2, 0.25) is 0 Å². The maximum absolute atomic E-state index is 14.2. The fourth-order valence-corrected chi connectivity index (χ4v) is 8.95. The number of phenolic OH excluding ortho intramolecular Hbond substituents is 1. The SMILES string of the molecule is COc1ccc(CN(CCCNC[C@@H](O)c2ccc(O)c3[nH]c(=O)ccc23)C(=O)c2ccc(COc3cccc(C(NC(=O)O[C@H]4CN5CCC4CC5)c4ccccc4)c3)cc2)c(OC)c1. The second-order valence-electron chi connectivity index (χ2n) is 16.9. The van der Waals surface area contributed by atoms with E-state index < -0.39 is 18.2 Å². The summed E-state index contributed by atoms with van der Waals surface area (Å²) in [4.78, 5) is 46.2. The molecule has 6 aromatic rings. The van der Waals surface area contributed by atoms with Gasteiger partial charge in [-0.25, -0.2) is 4.79 Å². The van der Waals surface area contributed by atoms with E-state index in [0.717, 1.165) is 54.7 Å². The quantitative estimate of drug-likeness (QED) is 0.0525. The molecule has 3 atom stereocenters. The molecular weight excluding hydrogens is 839 g/mol. The smallest absolute Gasteiger partial charge is 0.408 e. The first-order valence-electron chi connectivity index (χ1n) is 22.5. The molecular formula is C52H57N5O9. The first-order chi connectivity index (χ1) is 32.1. The number of phenols is 1. The van der Waals surface area contributed by atoms with Crippen LogP contribution in [0, 0.1) is 5.92 Å². The predicted octanol–water partition coefficient (Wildman–Crippen LogP) is 7.10. The number of benzene rings is 5. The van der Waals surface area contributed by atoms with Crippen LogP contribution in [-0.2, 0) is 17.9 Å². The molecule has 66 heavy (non-hydrogen) atoms. The van der Waals surface area contributed by atoms with Crippen molar-refractivity contribution >= 4 is 22.9 Å². The number of nitrogens with one attached hydrogen (secondary N) is 3. The van der Waals surface area contributed by atoms with Gasteiger partial charge in [-0.05, 0) is 116 Å². The molecule has 3 saturated heterocycles. The van der Waals surface area contributed by atoms with E-state index in [1.807, 2.05) is 78.9 Å². The molecule has 0 aliphatic carbocycles. The number of ether oxygens (including phenoxy) is 4. The summed E-state index contributed by atoms with van der Waals surface area (Å²) in [6.45, 7) is 4.56. The summed E-state index contributed by atoms with van der Waals surface area (Å²) in [6.07, 6.45) is 1.24. The number of aromatic nitrogens is 1. The summed E-state index contributed by atoms with van der Waals surface area (Å²) in [5.41, 5.74) is 4.47. The normalized spacial score (nSPS) is 17.4. The predicted molar refractivity (Wildman–Crippen MR) is 251 cm³/mol. The molecule has 4 heterocycles. The van der Waals surface area contributed by atoms with E-state index in [1.165, 1.54) is 12.1 Å². The number of pyridine rings is 1. The van der Waals surface area contributed by atoms with Crippen molar-refractivity contribution < 1.29 is 38.7 Å². The third kappa shape index (κ3) is 11.1. The fourth-order valence-electron chi connectivity index (χ4n) is 8.95. The van der Waals surface area contributed by atoms with Crippen molar-refractivity contribution in [2.45, 2.75) is 50.7 Å². The van der Waals surface area contributed by atoms with Crippen LogP contribution < -0.4 is 30.4 Å². The molecule has 0 radical (unpaired) electrons. The molecule has 9 rings (SSSR count). The zero-order chi connectivity index (χ0) is 46.0. The van der Waals surface area contributed by atoms with Crippen LogP contribution in [-0.4, -0.2) is 96.6 Å².